The SMILES string of the molecule is CCC1CCCCN1C(=O)C1CC1C(=O)NCC1CCCO1. The van der Waals surface area contributed by atoms with Gasteiger partial charge in [0.2, 0.25) is 11.8 Å². The van der Waals surface area contributed by atoms with Crippen LogP contribution in [0.2, 0.25) is 0 Å². The predicted molar refractivity (Wildman–Crippen MR) is 83.2 cm³/mol. The highest BCUT2D eigenvalue weighted by atomic mass is 16.5. The second-order valence-electron chi connectivity index (χ2n) is 6.92. The first-order valence-corrected chi connectivity index (χ1v) is 8.90. The Hall–Kier alpha value is -1.10. The highest BCUT2D eigenvalue weighted by Gasteiger charge is 2.50. The summed E-state index contributed by atoms with van der Waals surface area (Å²) in [6.45, 7) is 4.42. The Morgan fingerprint density at radius 1 is 1.18 bits per heavy atom. The van der Waals surface area contributed by atoms with Crippen LogP contribution in [0.4, 0.5) is 0 Å². The molecular formula is C17H28N2O3. The van der Waals surface area contributed by atoms with Crippen LogP contribution in [-0.4, -0.2) is 48.6 Å². The van der Waals surface area contributed by atoms with E-state index in [1.54, 1.807) is 0 Å². The van der Waals surface area contributed by atoms with E-state index in [4.69, 9.17) is 4.74 Å². The molecule has 4 unspecified atom stereocenters. The molecule has 3 fully saturated rings. The van der Waals surface area contributed by atoms with Gasteiger partial charge in [-0.05, 0) is 44.9 Å². The molecule has 4 atom stereocenters. The molecule has 0 aromatic carbocycles. The molecule has 0 spiro atoms. The summed E-state index contributed by atoms with van der Waals surface area (Å²) in [6, 6.07) is 0.387. The van der Waals surface area contributed by atoms with Crippen molar-refractivity contribution in [3.8, 4) is 0 Å². The standard InChI is InChI=1S/C17H28N2O3/c1-2-12-6-3-4-8-19(12)17(21)15-10-14(15)16(20)18-11-13-7-5-9-22-13/h12-15H,2-11H2,1H3,(H,18,20). The molecule has 3 aliphatic rings. The molecule has 5 nitrogen and oxygen atoms in total. The van der Waals surface area contributed by atoms with Gasteiger partial charge in [-0.3, -0.25) is 9.59 Å². The highest BCUT2D eigenvalue weighted by molar-refractivity contribution is 5.92. The summed E-state index contributed by atoms with van der Waals surface area (Å²) >= 11 is 0. The zero-order valence-electron chi connectivity index (χ0n) is 13.6. The number of rotatable bonds is 5. The van der Waals surface area contributed by atoms with Crippen molar-refractivity contribution < 1.29 is 14.3 Å². The van der Waals surface area contributed by atoms with Gasteiger partial charge in [-0.15, -0.1) is 0 Å². The van der Waals surface area contributed by atoms with Gasteiger partial charge in [0, 0.05) is 25.7 Å². The molecule has 1 aliphatic carbocycles. The van der Waals surface area contributed by atoms with Gasteiger partial charge in [-0.2, -0.15) is 0 Å². The van der Waals surface area contributed by atoms with Crippen LogP contribution >= 0.6 is 0 Å². The van der Waals surface area contributed by atoms with E-state index < -0.39 is 0 Å². The van der Waals surface area contributed by atoms with Gasteiger partial charge in [0.15, 0.2) is 0 Å². The van der Waals surface area contributed by atoms with Gasteiger partial charge >= 0.3 is 0 Å². The molecule has 2 aliphatic heterocycles. The third kappa shape index (κ3) is 3.45. The lowest BCUT2D eigenvalue weighted by Crippen LogP contribution is -2.45. The van der Waals surface area contributed by atoms with Crippen molar-refractivity contribution in [3.63, 3.8) is 0 Å². The van der Waals surface area contributed by atoms with Crippen molar-refractivity contribution in [1.29, 1.82) is 0 Å². The maximum atomic E-state index is 12.6. The van der Waals surface area contributed by atoms with Crippen LogP contribution in [-0.2, 0) is 14.3 Å². The molecule has 1 saturated carbocycles. The monoisotopic (exact) mass is 308 g/mol. The number of likely N-dealkylation sites (tertiary alicyclic amines) is 1. The van der Waals surface area contributed by atoms with Gasteiger partial charge in [0.1, 0.15) is 0 Å². The normalized spacial score (nSPS) is 34.5. The Bertz CT molecular complexity index is 420. The van der Waals surface area contributed by atoms with E-state index in [1.165, 1.54) is 6.42 Å². The zero-order valence-corrected chi connectivity index (χ0v) is 13.6. The predicted octanol–water partition coefficient (Wildman–Crippen LogP) is 1.71. The van der Waals surface area contributed by atoms with E-state index >= 15 is 0 Å². The van der Waals surface area contributed by atoms with Crippen LogP contribution in [0, 0.1) is 11.8 Å². The van der Waals surface area contributed by atoms with E-state index in [1.807, 2.05) is 4.90 Å². The first-order chi connectivity index (χ1) is 10.7. The molecule has 2 heterocycles. The van der Waals surface area contributed by atoms with Crippen LogP contribution in [0.25, 0.3) is 0 Å². The quantitative estimate of drug-likeness (QED) is 0.841. The van der Waals surface area contributed by atoms with E-state index in [9.17, 15) is 9.59 Å². The van der Waals surface area contributed by atoms with Gasteiger partial charge in [-0.1, -0.05) is 6.92 Å². The second-order valence-corrected chi connectivity index (χ2v) is 6.92. The third-order valence-electron chi connectivity index (χ3n) is 5.35. The van der Waals surface area contributed by atoms with Crippen LogP contribution in [0.1, 0.15) is 51.9 Å². The largest absolute Gasteiger partial charge is 0.376 e. The Morgan fingerprint density at radius 2 is 2.05 bits per heavy atom. The molecule has 2 amide bonds. The van der Waals surface area contributed by atoms with Crippen LogP contribution in [0.15, 0.2) is 0 Å². The maximum absolute atomic E-state index is 12.6. The third-order valence-corrected chi connectivity index (χ3v) is 5.35. The molecule has 0 radical (unpaired) electrons. The summed E-state index contributed by atoms with van der Waals surface area (Å²) in [5.74, 6) is 0.0766. The van der Waals surface area contributed by atoms with Crippen molar-refractivity contribution >= 4 is 11.8 Å². The zero-order chi connectivity index (χ0) is 15.5. The maximum Gasteiger partial charge on any atom is 0.226 e. The van der Waals surface area contributed by atoms with Crippen LogP contribution in [0.5, 0.6) is 0 Å². The van der Waals surface area contributed by atoms with E-state index in [0.717, 1.165) is 51.7 Å². The molecule has 0 bridgehead atoms. The summed E-state index contributed by atoms with van der Waals surface area (Å²) < 4.78 is 5.51. The first kappa shape index (κ1) is 15.8. The molecule has 0 aromatic heterocycles. The van der Waals surface area contributed by atoms with E-state index in [2.05, 4.69) is 12.2 Å². The average Bonchev–Trinajstić information content (AvgIpc) is 3.19. The molecule has 2 saturated heterocycles. The fourth-order valence-electron chi connectivity index (χ4n) is 3.84. The number of hydrogen-bond donors (Lipinski definition) is 1. The van der Waals surface area contributed by atoms with Gasteiger partial charge in [-0.25, -0.2) is 0 Å². The number of carbonyl (C=O) groups is 2. The fraction of sp³-hybridized carbons (Fsp3) is 0.882. The molecule has 124 valence electrons. The molecule has 3 rings (SSSR count). The minimum Gasteiger partial charge on any atom is -0.376 e. The second kappa shape index (κ2) is 6.99. The molecular weight excluding hydrogens is 280 g/mol. The first-order valence-electron chi connectivity index (χ1n) is 8.90. The van der Waals surface area contributed by atoms with Gasteiger partial charge in [0.05, 0.1) is 17.9 Å². The minimum atomic E-state index is -0.103. The van der Waals surface area contributed by atoms with Gasteiger partial charge < -0.3 is 15.0 Å². The number of ether oxygens (including phenoxy) is 1. The Kier molecular flexibility index (Phi) is 5.01. The number of carbonyl (C=O) groups excluding carboxylic acids is 2. The molecule has 22 heavy (non-hydrogen) atoms. The van der Waals surface area contributed by atoms with E-state index in [0.29, 0.717) is 12.6 Å². The smallest absolute Gasteiger partial charge is 0.226 e. The average molecular weight is 308 g/mol. The molecule has 0 aromatic rings. The highest BCUT2D eigenvalue weighted by Crippen LogP contribution is 2.41. The Balaban J connectivity index is 1.45. The Morgan fingerprint density at radius 3 is 2.77 bits per heavy atom. The number of amides is 2. The fourth-order valence-corrected chi connectivity index (χ4v) is 3.84. The number of nitrogens with one attached hydrogen (secondary N) is 1. The van der Waals surface area contributed by atoms with Gasteiger partial charge in [0.25, 0.3) is 0 Å². The summed E-state index contributed by atoms with van der Waals surface area (Å²) in [7, 11) is 0. The van der Waals surface area contributed by atoms with Crippen LogP contribution < -0.4 is 5.32 Å². The lowest BCUT2D eigenvalue weighted by atomic mass is 9.99. The summed E-state index contributed by atoms with van der Waals surface area (Å²) in [5.41, 5.74) is 0. The summed E-state index contributed by atoms with van der Waals surface area (Å²) in [5, 5.41) is 2.96. The lowest BCUT2D eigenvalue weighted by Gasteiger charge is -2.35. The van der Waals surface area contributed by atoms with Crippen LogP contribution in [0.3, 0.4) is 0 Å². The van der Waals surface area contributed by atoms with Crippen molar-refractivity contribution in [3.05, 3.63) is 0 Å². The van der Waals surface area contributed by atoms with Crippen molar-refractivity contribution in [2.45, 2.75) is 64.0 Å². The lowest BCUT2D eigenvalue weighted by molar-refractivity contribution is -0.138. The number of hydrogen-bond acceptors (Lipinski definition) is 3. The summed E-state index contributed by atoms with van der Waals surface area (Å²) in [4.78, 5) is 26.8. The topological polar surface area (TPSA) is 58.6 Å². The Labute approximate surface area is 132 Å². The van der Waals surface area contributed by atoms with E-state index in [-0.39, 0.29) is 29.8 Å². The minimum absolute atomic E-state index is 0.0407. The number of piperidine rings is 1. The summed E-state index contributed by atoms with van der Waals surface area (Å²) in [6.07, 6.45) is 7.46. The van der Waals surface area contributed by atoms with Crippen molar-refractivity contribution in [2.24, 2.45) is 11.8 Å². The van der Waals surface area contributed by atoms with Crippen molar-refractivity contribution in [2.75, 3.05) is 19.7 Å². The molecule has 5 heteroatoms. The number of nitrogens with zero attached hydrogens (tertiary/aromatic N) is 1. The molecule has 1 N–H and O–H groups in total. The van der Waals surface area contributed by atoms with Crippen molar-refractivity contribution in [1.82, 2.24) is 10.2 Å².